The smallest absolute Gasteiger partial charge is 0.237 e. The first-order chi connectivity index (χ1) is 7.80. The van der Waals surface area contributed by atoms with Crippen LogP contribution in [0.4, 0.5) is 0 Å². The van der Waals surface area contributed by atoms with Crippen molar-refractivity contribution in [2.45, 2.75) is 59.2 Å². The van der Waals surface area contributed by atoms with Crippen molar-refractivity contribution in [3.8, 4) is 0 Å². The largest absolute Gasteiger partial charge is 0.378 e. The van der Waals surface area contributed by atoms with E-state index in [4.69, 9.17) is 10.5 Å². The quantitative estimate of drug-likeness (QED) is 0.763. The Morgan fingerprint density at radius 2 is 2.12 bits per heavy atom. The third-order valence-corrected chi connectivity index (χ3v) is 3.88. The molecule has 0 bridgehead atoms. The number of carbonyl (C=O) groups excluding carboxylic acids is 1. The third kappa shape index (κ3) is 2.99. The second-order valence-electron chi connectivity index (χ2n) is 5.83. The molecule has 0 saturated heterocycles. The number of hydrogen-bond donors (Lipinski definition) is 2. The standard InChI is InChI=1S/C13H26N2O2/c1-6-17-10-7-9(13(10,4)5)15-12(16)11(14)8(2)3/h8-11H,6-7,14H2,1-5H3,(H,15,16). The SMILES string of the molecule is CCOC1CC(NC(=O)C(N)C(C)C)C1(C)C. The van der Waals surface area contributed by atoms with Gasteiger partial charge in [-0.15, -0.1) is 0 Å². The van der Waals surface area contributed by atoms with Crippen LogP contribution < -0.4 is 11.1 Å². The molecular weight excluding hydrogens is 216 g/mol. The van der Waals surface area contributed by atoms with E-state index in [0.29, 0.717) is 0 Å². The molecule has 0 radical (unpaired) electrons. The molecule has 17 heavy (non-hydrogen) atoms. The highest BCUT2D eigenvalue weighted by Crippen LogP contribution is 2.42. The minimum atomic E-state index is -0.419. The van der Waals surface area contributed by atoms with Crippen molar-refractivity contribution in [1.82, 2.24) is 5.32 Å². The first kappa shape index (κ1) is 14.5. The van der Waals surface area contributed by atoms with Gasteiger partial charge in [0.2, 0.25) is 5.91 Å². The maximum atomic E-state index is 11.9. The van der Waals surface area contributed by atoms with Crippen molar-refractivity contribution in [1.29, 1.82) is 0 Å². The van der Waals surface area contributed by atoms with Crippen LogP contribution in [0.3, 0.4) is 0 Å². The summed E-state index contributed by atoms with van der Waals surface area (Å²) in [4.78, 5) is 11.9. The second-order valence-corrected chi connectivity index (χ2v) is 5.83. The van der Waals surface area contributed by atoms with Gasteiger partial charge in [-0.1, -0.05) is 27.7 Å². The highest BCUT2D eigenvalue weighted by molar-refractivity contribution is 5.82. The van der Waals surface area contributed by atoms with Crippen LogP contribution in [0, 0.1) is 11.3 Å². The average Bonchev–Trinajstić information content (AvgIpc) is 2.26. The Morgan fingerprint density at radius 1 is 1.53 bits per heavy atom. The molecule has 3 N–H and O–H groups in total. The van der Waals surface area contributed by atoms with Crippen molar-refractivity contribution in [2.24, 2.45) is 17.1 Å². The third-order valence-electron chi connectivity index (χ3n) is 3.88. The molecule has 0 aromatic rings. The van der Waals surface area contributed by atoms with Crippen LogP contribution in [0.25, 0.3) is 0 Å². The summed E-state index contributed by atoms with van der Waals surface area (Å²) < 4.78 is 5.63. The maximum absolute atomic E-state index is 11.9. The fraction of sp³-hybridized carbons (Fsp3) is 0.923. The fourth-order valence-corrected chi connectivity index (χ4v) is 2.19. The molecule has 1 saturated carbocycles. The number of nitrogens with one attached hydrogen (secondary N) is 1. The number of ether oxygens (including phenoxy) is 1. The first-order valence-electron chi connectivity index (χ1n) is 6.48. The van der Waals surface area contributed by atoms with Crippen LogP contribution in [0.5, 0.6) is 0 Å². The van der Waals surface area contributed by atoms with Gasteiger partial charge in [-0.3, -0.25) is 4.79 Å². The summed E-state index contributed by atoms with van der Waals surface area (Å²) in [5.41, 5.74) is 5.83. The molecule has 0 heterocycles. The molecule has 3 atom stereocenters. The molecule has 1 fully saturated rings. The first-order valence-corrected chi connectivity index (χ1v) is 6.48. The fourth-order valence-electron chi connectivity index (χ4n) is 2.19. The van der Waals surface area contributed by atoms with E-state index in [1.165, 1.54) is 0 Å². The molecular formula is C13H26N2O2. The summed E-state index contributed by atoms with van der Waals surface area (Å²) in [6.07, 6.45) is 1.13. The Hall–Kier alpha value is -0.610. The van der Waals surface area contributed by atoms with E-state index in [0.717, 1.165) is 13.0 Å². The molecule has 0 spiro atoms. The van der Waals surface area contributed by atoms with Crippen molar-refractivity contribution in [3.63, 3.8) is 0 Å². The molecule has 4 heteroatoms. The van der Waals surface area contributed by atoms with Crippen LogP contribution in [-0.2, 0) is 9.53 Å². The van der Waals surface area contributed by atoms with E-state index < -0.39 is 6.04 Å². The lowest BCUT2D eigenvalue weighted by Crippen LogP contribution is -2.64. The van der Waals surface area contributed by atoms with Gasteiger partial charge < -0.3 is 15.8 Å². The molecule has 1 aliphatic rings. The topological polar surface area (TPSA) is 64.3 Å². The lowest BCUT2D eigenvalue weighted by atomic mass is 9.64. The number of rotatable bonds is 5. The zero-order chi connectivity index (χ0) is 13.2. The average molecular weight is 242 g/mol. The lowest BCUT2D eigenvalue weighted by molar-refractivity contribution is -0.138. The second kappa shape index (κ2) is 5.36. The van der Waals surface area contributed by atoms with Gasteiger partial charge in [0.1, 0.15) is 0 Å². The summed E-state index contributed by atoms with van der Waals surface area (Å²) in [5.74, 6) is 0.119. The summed E-state index contributed by atoms with van der Waals surface area (Å²) in [7, 11) is 0. The number of hydrogen-bond acceptors (Lipinski definition) is 3. The predicted octanol–water partition coefficient (Wildman–Crippen LogP) is 1.29. The van der Waals surface area contributed by atoms with Gasteiger partial charge >= 0.3 is 0 Å². The van der Waals surface area contributed by atoms with Gasteiger partial charge in [0, 0.05) is 18.1 Å². The minimum absolute atomic E-state index is 0.00235. The zero-order valence-corrected chi connectivity index (χ0v) is 11.6. The van der Waals surface area contributed by atoms with Gasteiger partial charge in [-0.2, -0.15) is 0 Å². The molecule has 3 unspecified atom stereocenters. The zero-order valence-electron chi connectivity index (χ0n) is 11.6. The van der Waals surface area contributed by atoms with E-state index in [9.17, 15) is 4.79 Å². The highest BCUT2D eigenvalue weighted by atomic mass is 16.5. The van der Waals surface area contributed by atoms with E-state index in [-0.39, 0.29) is 29.4 Å². The normalized spacial score (nSPS) is 28.6. The molecule has 0 aromatic heterocycles. The summed E-state index contributed by atoms with van der Waals surface area (Å²) in [6, 6.07) is -0.242. The van der Waals surface area contributed by atoms with Crippen LogP contribution in [0.1, 0.15) is 41.0 Å². The number of amides is 1. The number of carbonyl (C=O) groups is 1. The highest BCUT2D eigenvalue weighted by Gasteiger charge is 2.49. The van der Waals surface area contributed by atoms with Crippen LogP contribution >= 0.6 is 0 Å². The van der Waals surface area contributed by atoms with Crippen molar-refractivity contribution < 1.29 is 9.53 Å². The Bertz CT molecular complexity index is 277. The van der Waals surface area contributed by atoms with Gasteiger partial charge in [0.05, 0.1) is 12.1 Å². The molecule has 1 rings (SSSR count). The van der Waals surface area contributed by atoms with E-state index in [2.05, 4.69) is 19.2 Å². The molecule has 100 valence electrons. The summed E-state index contributed by atoms with van der Waals surface area (Å²) >= 11 is 0. The Balaban J connectivity index is 2.47. The minimum Gasteiger partial charge on any atom is -0.378 e. The molecule has 0 aromatic carbocycles. The van der Waals surface area contributed by atoms with Crippen LogP contribution in [0.15, 0.2) is 0 Å². The van der Waals surface area contributed by atoms with Crippen molar-refractivity contribution in [3.05, 3.63) is 0 Å². The maximum Gasteiger partial charge on any atom is 0.237 e. The van der Waals surface area contributed by atoms with Crippen LogP contribution in [0.2, 0.25) is 0 Å². The van der Waals surface area contributed by atoms with Gasteiger partial charge in [0.25, 0.3) is 0 Å². The van der Waals surface area contributed by atoms with Gasteiger partial charge in [-0.05, 0) is 19.3 Å². The van der Waals surface area contributed by atoms with Crippen molar-refractivity contribution >= 4 is 5.91 Å². The van der Waals surface area contributed by atoms with E-state index in [1.54, 1.807) is 0 Å². The Morgan fingerprint density at radius 3 is 2.53 bits per heavy atom. The summed E-state index contributed by atoms with van der Waals surface area (Å²) in [5, 5.41) is 3.03. The van der Waals surface area contributed by atoms with Crippen molar-refractivity contribution in [2.75, 3.05) is 6.61 Å². The number of nitrogens with two attached hydrogens (primary N) is 1. The monoisotopic (exact) mass is 242 g/mol. The van der Waals surface area contributed by atoms with Crippen LogP contribution in [-0.4, -0.2) is 30.7 Å². The summed E-state index contributed by atoms with van der Waals surface area (Å²) in [6.45, 7) is 10.9. The molecule has 0 aliphatic heterocycles. The Labute approximate surface area is 104 Å². The predicted molar refractivity (Wildman–Crippen MR) is 68.6 cm³/mol. The molecule has 1 aliphatic carbocycles. The van der Waals surface area contributed by atoms with E-state index >= 15 is 0 Å². The molecule has 1 amide bonds. The van der Waals surface area contributed by atoms with Gasteiger partial charge in [-0.25, -0.2) is 0 Å². The Kier molecular flexibility index (Phi) is 4.55. The lowest BCUT2D eigenvalue weighted by Gasteiger charge is -2.51. The van der Waals surface area contributed by atoms with E-state index in [1.807, 2.05) is 20.8 Å². The molecule has 4 nitrogen and oxygen atoms in total. The van der Waals surface area contributed by atoms with Gasteiger partial charge in [0.15, 0.2) is 0 Å².